The quantitative estimate of drug-likeness (QED) is 0.725. The summed E-state index contributed by atoms with van der Waals surface area (Å²) >= 11 is 0. The van der Waals surface area contributed by atoms with E-state index >= 15 is 0 Å². The smallest absolute Gasteiger partial charge is 0.307 e. The van der Waals surface area contributed by atoms with Gasteiger partial charge in [0.05, 0.1) is 6.42 Å². The van der Waals surface area contributed by atoms with Crippen LogP contribution in [0, 0.1) is 11.3 Å². The van der Waals surface area contributed by atoms with Crippen LogP contribution in [0.15, 0.2) is 24.5 Å². The van der Waals surface area contributed by atoms with E-state index in [2.05, 4.69) is 4.98 Å². The topological polar surface area (TPSA) is 63.0 Å². The lowest BCUT2D eigenvalue weighted by Crippen LogP contribution is -2.14. The van der Waals surface area contributed by atoms with E-state index in [-0.39, 0.29) is 18.3 Å². The van der Waals surface area contributed by atoms with Crippen LogP contribution in [0.5, 0.6) is 0 Å². The van der Waals surface area contributed by atoms with E-state index in [1.165, 1.54) is 0 Å². The van der Waals surface area contributed by atoms with Crippen molar-refractivity contribution in [3.63, 3.8) is 0 Å². The molecule has 0 bridgehead atoms. The highest BCUT2D eigenvalue weighted by molar-refractivity contribution is 5.70. The van der Waals surface area contributed by atoms with Gasteiger partial charge < -0.3 is 4.74 Å². The Morgan fingerprint density at radius 2 is 2.12 bits per heavy atom. The molecular weight excluding hydrogens is 204 g/mol. The van der Waals surface area contributed by atoms with Gasteiger partial charge in [-0.1, -0.05) is 6.92 Å². The Morgan fingerprint density at radius 3 is 2.69 bits per heavy atom. The van der Waals surface area contributed by atoms with Crippen molar-refractivity contribution in [2.75, 3.05) is 0 Å². The molecule has 1 heterocycles. The summed E-state index contributed by atoms with van der Waals surface area (Å²) in [5.41, 5.74) is 1.04. The van der Waals surface area contributed by atoms with E-state index in [0.717, 1.165) is 5.56 Å². The number of aromatic nitrogens is 1. The van der Waals surface area contributed by atoms with E-state index in [1.807, 2.05) is 25.1 Å². The minimum absolute atomic E-state index is 0.0707. The Balaban J connectivity index is 2.50. The number of rotatable bonds is 4. The second-order valence-electron chi connectivity index (χ2n) is 3.65. The van der Waals surface area contributed by atoms with Crippen LogP contribution in [0.4, 0.5) is 0 Å². The number of carbonyl (C=O) groups is 1. The van der Waals surface area contributed by atoms with Crippen LogP contribution in [0.1, 0.15) is 31.7 Å². The predicted molar refractivity (Wildman–Crippen MR) is 58.4 cm³/mol. The van der Waals surface area contributed by atoms with Gasteiger partial charge in [0.15, 0.2) is 6.10 Å². The van der Waals surface area contributed by atoms with Gasteiger partial charge in [-0.2, -0.15) is 5.26 Å². The number of ether oxygens (including phenoxy) is 1. The van der Waals surface area contributed by atoms with Crippen LogP contribution < -0.4 is 0 Å². The number of hydrogen-bond acceptors (Lipinski definition) is 4. The number of carbonyl (C=O) groups excluding carboxylic acids is 1. The van der Waals surface area contributed by atoms with E-state index in [4.69, 9.17) is 10.00 Å². The number of esters is 1. The zero-order valence-electron chi connectivity index (χ0n) is 9.38. The summed E-state index contributed by atoms with van der Waals surface area (Å²) in [5.74, 6) is -0.278. The highest BCUT2D eigenvalue weighted by Crippen LogP contribution is 2.18. The molecule has 0 aromatic carbocycles. The fourth-order valence-electron chi connectivity index (χ4n) is 1.33. The van der Waals surface area contributed by atoms with Gasteiger partial charge in [-0.15, -0.1) is 0 Å². The summed E-state index contributed by atoms with van der Waals surface area (Å²) in [7, 11) is 0. The van der Waals surface area contributed by atoms with Gasteiger partial charge in [0, 0.05) is 12.4 Å². The maximum Gasteiger partial charge on any atom is 0.307 e. The molecule has 84 valence electrons. The molecule has 0 saturated heterocycles. The Bertz CT molecular complexity index is 384. The van der Waals surface area contributed by atoms with Gasteiger partial charge in [0.1, 0.15) is 6.07 Å². The van der Waals surface area contributed by atoms with Crippen molar-refractivity contribution in [3.05, 3.63) is 30.1 Å². The molecule has 1 aromatic rings. The van der Waals surface area contributed by atoms with Crippen molar-refractivity contribution in [2.24, 2.45) is 0 Å². The van der Waals surface area contributed by atoms with Crippen molar-refractivity contribution in [1.82, 2.24) is 4.98 Å². The molecule has 0 aliphatic rings. The summed E-state index contributed by atoms with van der Waals surface area (Å²) in [6.07, 6.45) is 2.97. The van der Waals surface area contributed by atoms with Gasteiger partial charge in [0.2, 0.25) is 0 Å². The third-order valence-corrected chi connectivity index (χ3v) is 2.24. The monoisotopic (exact) mass is 218 g/mol. The second kappa shape index (κ2) is 5.86. The van der Waals surface area contributed by atoms with Crippen LogP contribution >= 0.6 is 0 Å². The fourth-order valence-corrected chi connectivity index (χ4v) is 1.33. The Hall–Kier alpha value is -1.89. The van der Waals surface area contributed by atoms with E-state index in [9.17, 15) is 4.79 Å². The van der Waals surface area contributed by atoms with Crippen molar-refractivity contribution in [1.29, 1.82) is 5.26 Å². The molecule has 0 saturated carbocycles. The average molecular weight is 218 g/mol. The standard InChI is InChI=1S/C12H14N2O2/c1-9(11-3-5-14-6-4-11)7-12(15)16-10(2)8-13/h3-6,9-10H,7H2,1-2H3/t9-,10+/m0/s1. The van der Waals surface area contributed by atoms with Gasteiger partial charge in [0.25, 0.3) is 0 Å². The third kappa shape index (κ3) is 3.70. The first-order valence-electron chi connectivity index (χ1n) is 5.12. The van der Waals surface area contributed by atoms with Gasteiger partial charge in [-0.05, 0) is 30.5 Å². The molecular formula is C12H14N2O2. The highest BCUT2D eigenvalue weighted by Gasteiger charge is 2.14. The summed E-state index contributed by atoms with van der Waals surface area (Å²) in [6.45, 7) is 3.49. The molecule has 0 radical (unpaired) electrons. The molecule has 0 spiro atoms. The summed E-state index contributed by atoms with van der Waals surface area (Å²) < 4.78 is 4.88. The van der Waals surface area contributed by atoms with Gasteiger partial charge in [-0.25, -0.2) is 0 Å². The van der Waals surface area contributed by atoms with Crippen molar-refractivity contribution in [3.8, 4) is 6.07 Å². The van der Waals surface area contributed by atoms with Crippen LogP contribution in [0.2, 0.25) is 0 Å². The molecule has 0 amide bonds. The lowest BCUT2D eigenvalue weighted by Gasteiger charge is -2.11. The minimum atomic E-state index is -0.683. The predicted octanol–water partition coefficient (Wildman–Crippen LogP) is 2.03. The summed E-state index contributed by atoms with van der Waals surface area (Å²) in [5, 5.41) is 8.50. The zero-order valence-corrected chi connectivity index (χ0v) is 9.38. The van der Waals surface area contributed by atoms with Crippen LogP contribution in [0.25, 0.3) is 0 Å². The highest BCUT2D eigenvalue weighted by atomic mass is 16.5. The molecule has 0 aliphatic carbocycles. The number of hydrogen-bond donors (Lipinski definition) is 0. The third-order valence-electron chi connectivity index (χ3n) is 2.24. The largest absolute Gasteiger partial charge is 0.447 e. The molecule has 4 heteroatoms. The van der Waals surface area contributed by atoms with Crippen LogP contribution in [-0.2, 0) is 9.53 Å². The molecule has 16 heavy (non-hydrogen) atoms. The fraction of sp³-hybridized carbons (Fsp3) is 0.417. The van der Waals surface area contributed by atoms with Crippen LogP contribution in [-0.4, -0.2) is 17.1 Å². The molecule has 0 fully saturated rings. The molecule has 0 aliphatic heterocycles. The maximum atomic E-state index is 11.4. The first-order chi connectivity index (χ1) is 7.63. The van der Waals surface area contributed by atoms with E-state index < -0.39 is 6.10 Å². The number of pyridine rings is 1. The maximum absolute atomic E-state index is 11.4. The average Bonchev–Trinajstić information content (AvgIpc) is 2.29. The number of nitriles is 1. The van der Waals surface area contributed by atoms with Gasteiger partial charge >= 0.3 is 5.97 Å². The van der Waals surface area contributed by atoms with E-state index in [1.54, 1.807) is 19.3 Å². The Kier molecular flexibility index (Phi) is 4.46. The first-order valence-corrected chi connectivity index (χ1v) is 5.12. The lowest BCUT2D eigenvalue weighted by molar-refractivity contribution is -0.146. The Labute approximate surface area is 94.9 Å². The normalized spacial score (nSPS) is 13.6. The van der Waals surface area contributed by atoms with Gasteiger partial charge in [-0.3, -0.25) is 9.78 Å². The minimum Gasteiger partial charge on any atom is -0.447 e. The van der Waals surface area contributed by atoms with Crippen molar-refractivity contribution < 1.29 is 9.53 Å². The number of nitrogens with zero attached hydrogens (tertiary/aromatic N) is 2. The van der Waals surface area contributed by atoms with Crippen molar-refractivity contribution >= 4 is 5.97 Å². The second-order valence-corrected chi connectivity index (χ2v) is 3.65. The summed E-state index contributed by atoms with van der Waals surface area (Å²) in [4.78, 5) is 15.3. The van der Waals surface area contributed by atoms with Crippen LogP contribution in [0.3, 0.4) is 0 Å². The SMILES string of the molecule is C[C@H](C#N)OC(=O)C[C@H](C)c1ccncc1. The molecule has 1 aromatic heterocycles. The Morgan fingerprint density at radius 1 is 1.50 bits per heavy atom. The van der Waals surface area contributed by atoms with Crippen molar-refractivity contribution in [2.45, 2.75) is 32.3 Å². The molecule has 4 nitrogen and oxygen atoms in total. The lowest BCUT2D eigenvalue weighted by atomic mass is 9.99. The first kappa shape index (κ1) is 12.2. The molecule has 2 atom stereocenters. The molecule has 0 unspecified atom stereocenters. The zero-order chi connectivity index (χ0) is 12.0. The van der Waals surface area contributed by atoms with E-state index in [0.29, 0.717) is 0 Å². The summed E-state index contributed by atoms with van der Waals surface area (Å²) in [6, 6.07) is 5.59. The molecule has 0 N–H and O–H groups in total. The molecule has 1 rings (SSSR count).